The van der Waals surface area contributed by atoms with Gasteiger partial charge in [0.15, 0.2) is 5.78 Å². The molecule has 0 bridgehead atoms. The van der Waals surface area contributed by atoms with Gasteiger partial charge < -0.3 is 10.5 Å². The highest BCUT2D eigenvalue weighted by Crippen LogP contribution is 2.19. The van der Waals surface area contributed by atoms with E-state index in [1.54, 1.807) is 38.6 Å². The molecule has 6 heteroatoms. The van der Waals surface area contributed by atoms with Crippen molar-refractivity contribution in [3.63, 3.8) is 0 Å². The van der Waals surface area contributed by atoms with Gasteiger partial charge in [-0.2, -0.15) is 0 Å². The Labute approximate surface area is 191 Å². The molecule has 2 aromatic carbocycles. The molecule has 1 heterocycles. The zero-order valence-corrected chi connectivity index (χ0v) is 19.7. The predicted molar refractivity (Wildman–Crippen MR) is 136 cm³/mol. The number of aliphatic imine (C=N–C) groups is 2. The summed E-state index contributed by atoms with van der Waals surface area (Å²) in [5.74, 6) is 0.830. The van der Waals surface area contributed by atoms with Crippen molar-refractivity contribution in [2.75, 3.05) is 14.2 Å². The Morgan fingerprint density at radius 2 is 1.72 bits per heavy atom. The Morgan fingerprint density at radius 3 is 2.19 bits per heavy atom. The number of ether oxygens (including phenoxy) is 1. The van der Waals surface area contributed by atoms with Crippen LogP contribution in [0.1, 0.15) is 34.0 Å². The van der Waals surface area contributed by atoms with Crippen LogP contribution >= 0.6 is 0 Å². The number of nitrogens with zero attached hydrogens (tertiary/aromatic N) is 3. The molecule has 0 atom stereocenters. The second kappa shape index (κ2) is 17.1. The van der Waals surface area contributed by atoms with Gasteiger partial charge in [-0.05, 0) is 76.1 Å². The molecule has 6 nitrogen and oxygen atoms in total. The van der Waals surface area contributed by atoms with Crippen LogP contribution in [0.25, 0.3) is 0 Å². The van der Waals surface area contributed by atoms with Crippen LogP contribution in [0.2, 0.25) is 0 Å². The van der Waals surface area contributed by atoms with Crippen LogP contribution in [-0.2, 0) is 6.54 Å². The number of para-hydroxylation sites is 1. The fourth-order valence-corrected chi connectivity index (χ4v) is 2.40. The molecule has 170 valence electrons. The van der Waals surface area contributed by atoms with E-state index in [1.165, 1.54) is 12.6 Å². The highest BCUT2D eigenvalue weighted by Gasteiger charge is 2.02. The van der Waals surface area contributed by atoms with E-state index in [4.69, 9.17) is 4.74 Å². The third-order valence-corrected chi connectivity index (χ3v) is 4.12. The van der Waals surface area contributed by atoms with Crippen LogP contribution in [0.5, 0.6) is 5.75 Å². The van der Waals surface area contributed by atoms with Gasteiger partial charge >= 0.3 is 0 Å². The molecular formula is C26H34N4O2. The first-order valence-electron chi connectivity index (χ1n) is 10.00. The highest BCUT2D eigenvalue weighted by atomic mass is 16.5. The minimum atomic E-state index is 0.0632. The molecule has 0 spiro atoms. The number of aryl methyl sites for hydroxylation is 2. The zero-order valence-electron chi connectivity index (χ0n) is 19.7. The fourth-order valence-electron chi connectivity index (χ4n) is 2.40. The lowest BCUT2D eigenvalue weighted by molar-refractivity contribution is 0.101. The van der Waals surface area contributed by atoms with Crippen molar-refractivity contribution in [3.05, 3.63) is 89.2 Å². The largest absolute Gasteiger partial charge is 0.496 e. The molecule has 0 saturated heterocycles. The molecule has 0 saturated carbocycles. The lowest BCUT2D eigenvalue weighted by Gasteiger charge is -2.04. The van der Waals surface area contributed by atoms with Crippen molar-refractivity contribution in [2.24, 2.45) is 15.7 Å². The van der Waals surface area contributed by atoms with E-state index < -0.39 is 0 Å². The summed E-state index contributed by atoms with van der Waals surface area (Å²) in [4.78, 5) is 22.4. The first kappa shape index (κ1) is 28.4. The molecule has 0 aliphatic carbocycles. The van der Waals surface area contributed by atoms with Gasteiger partial charge in [0, 0.05) is 18.0 Å². The van der Waals surface area contributed by atoms with Gasteiger partial charge in [0.2, 0.25) is 0 Å². The molecular weight excluding hydrogens is 400 g/mol. The van der Waals surface area contributed by atoms with Crippen molar-refractivity contribution >= 4 is 24.9 Å². The third kappa shape index (κ3) is 10.9. The van der Waals surface area contributed by atoms with Crippen molar-refractivity contribution < 1.29 is 9.53 Å². The Balaban J connectivity index is 0.000000439. The first-order valence-corrected chi connectivity index (χ1v) is 10.00. The number of methoxy groups -OCH3 is 1. The van der Waals surface area contributed by atoms with Crippen LogP contribution < -0.4 is 10.5 Å². The van der Waals surface area contributed by atoms with E-state index in [2.05, 4.69) is 34.1 Å². The molecule has 32 heavy (non-hydrogen) atoms. The summed E-state index contributed by atoms with van der Waals surface area (Å²) in [6, 6.07) is 17.2. The number of benzene rings is 2. The van der Waals surface area contributed by atoms with Crippen LogP contribution in [0, 0.1) is 13.8 Å². The third-order valence-electron chi connectivity index (χ3n) is 4.12. The summed E-state index contributed by atoms with van der Waals surface area (Å²) in [7, 11) is 3.10. The molecule has 0 amide bonds. The Bertz CT molecular complexity index is 957. The molecule has 0 unspecified atom stereocenters. The van der Waals surface area contributed by atoms with Crippen molar-refractivity contribution in [3.8, 4) is 5.75 Å². The summed E-state index contributed by atoms with van der Waals surface area (Å²) < 4.78 is 5.08. The molecule has 0 aliphatic heterocycles. The van der Waals surface area contributed by atoms with Crippen LogP contribution in [0.15, 0.2) is 77.0 Å². The number of carbonyl (C=O) groups excluding carboxylic acids is 1. The molecule has 0 aliphatic rings. The van der Waals surface area contributed by atoms with Crippen molar-refractivity contribution in [1.29, 1.82) is 0 Å². The first-order chi connectivity index (χ1) is 15.4. The minimum absolute atomic E-state index is 0.0632. The topological polar surface area (TPSA) is 89.9 Å². The lowest BCUT2D eigenvalue weighted by atomic mass is 10.1. The molecule has 0 fully saturated rings. The number of aromatic nitrogens is 1. The van der Waals surface area contributed by atoms with Crippen LogP contribution in [0.4, 0.5) is 5.69 Å². The van der Waals surface area contributed by atoms with Crippen LogP contribution in [0.3, 0.4) is 0 Å². The lowest BCUT2D eigenvalue weighted by Crippen LogP contribution is -1.94. The molecule has 3 aromatic rings. The monoisotopic (exact) mass is 434 g/mol. The number of ketones is 1. The van der Waals surface area contributed by atoms with Gasteiger partial charge in [0.25, 0.3) is 0 Å². The van der Waals surface area contributed by atoms with Crippen molar-refractivity contribution in [2.45, 2.75) is 27.3 Å². The second-order valence-electron chi connectivity index (χ2n) is 6.43. The maximum absolute atomic E-state index is 11.0. The van der Waals surface area contributed by atoms with Gasteiger partial charge in [-0.15, -0.1) is 0 Å². The maximum atomic E-state index is 11.0. The summed E-state index contributed by atoms with van der Waals surface area (Å²) in [5.41, 5.74) is 9.48. The van der Waals surface area contributed by atoms with Crippen LogP contribution in [-0.4, -0.2) is 38.4 Å². The Kier molecular flexibility index (Phi) is 15.1. The van der Waals surface area contributed by atoms with Gasteiger partial charge in [0.05, 0.1) is 19.3 Å². The maximum Gasteiger partial charge on any atom is 0.159 e. The normalized spacial score (nSPS) is 8.81. The number of nitrogens with two attached hydrogens (primary N) is 1. The van der Waals surface area contributed by atoms with E-state index in [0.717, 1.165) is 22.6 Å². The number of Topliss-reactive ketones (excluding diaryl/α,β-unsaturated/α-hetero) is 1. The Morgan fingerprint density at radius 1 is 1.03 bits per heavy atom. The summed E-state index contributed by atoms with van der Waals surface area (Å²) in [6.07, 6.45) is 3.53. The van der Waals surface area contributed by atoms with Gasteiger partial charge in [-0.1, -0.05) is 36.4 Å². The minimum Gasteiger partial charge on any atom is -0.496 e. The molecule has 3 rings (SSSR count). The molecule has 1 aromatic heterocycles. The Hall–Kier alpha value is -3.64. The van der Waals surface area contributed by atoms with E-state index in [9.17, 15) is 4.79 Å². The van der Waals surface area contributed by atoms with Crippen molar-refractivity contribution in [1.82, 2.24) is 4.98 Å². The van der Waals surface area contributed by atoms with E-state index in [1.807, 2.05) is 56.3 Å². The summed E-state index contributed by atoms with van der Waals surface area (Å²) in [5, 5.41) is 0. The van der Waals surface area contributed by atoms with Gasteiger partial charge in [-0.25, -0.2) is 0 Å². The number of carbonyl (C=O) groups is 1. The predicted octanol–water partition coefficient (Wildman–Crippen LogP) is 5.39. The number of pyridine rings is 1. The average molecular weight is 435 g/mol. The molecule has 0 radical (unpaired) electrons. The van der Waals surface area contributed by atoms with E-state index >= 15 is 0 Å². The summed E-state index contributed by atoms with van der Waals surface area (Å²) in [6.45, 7) is 13.0. The fraction of sp³-hybridized carbons (Fsp3) is 0.231. The number of hydrogen-bond donors (Lipinski definition) is 1. The quantitative estimate of drug-likeness (QED) is 0.430. The zero-order chi connectivity index (χ0) is 24.4. The average Bonchev–Trinajstić information content (AvgIpc) is 2.82. The SMILES string of the molecule is C=NCc1cccnc1.C=Nc1ccccc1C.CN.COc1cc(C(C)=O)ccc1C. The smallest absolute Gasteiger partial charge is 0.159 e. The van der Waals surface area contributed by atoms with E-state index in [-0.39, 0.29) is 5.78 Å². The standard InChI is InChI=1S/C10H12O2.C8H9N.C7H8N2.CH5N/c1-7-4-5-9(8(2)11)6-10(7)12-3;1-7-5-3-4-6-8(7)9-2;1-8-5-7-3-2-4-9-6-7;1-2/h4-6H,1-3H3;3-6H,2H2,1H3;2-4,6H,1,5H2;2H2,1H3. The van der Waals surface area contributed by atoms with E-state index in [0.29, 0.717) is 12.1 Å². The number of hydrogen-bond acceptors (Lipinski definition) is 6. The van der Waals surface area contributed by atoms with Gasteiger partial charge in [0.1, 0.15) is 5.75 Å². The second-order valence-corrected chi connectivity index (χ2v) is 6.43. The molecule has 2 N–H and O–H groups in total. The number of rotatable bonds is 5. The summed E-state index contributed by atoms with van der Waals surface area (Å²) >= 11 is 0. The van der Waals surface area contributed by atoms with Gasteiger partial charge in [-0.3, -0.25) is 19.8 Å². The highest BCUT2D eigenvalue weighted by molar-refractivity contribution is 5.94.